The van der Waals surface area contributed by atoms with E-state index in [0.29, 0.717) is 43.2 Å². The van der Waals surface area contributed by atoms with Crippen LogP contribution in [0, 0.1) is 6.92 Å². The summed E-state index contributed by atoms with van der Waals surface area (Å²) < 4.78 is 5.33. The number of morpholine rings is 1. The molecule has 0 bridgehead atoms. The maximum atomic E-state index is 12.5. The first-order valence-corrected chi connectivity index (χ1v) is 8.11. The van der Waals surface area contributed by atoms with Crippen LogP contribution in [-0.2, 0) is 4.74 Å². The van der Waals surface area contributed by atoms with Crippen LogP contribution in [0.2, 0.25) is 0 Å². The van der Waals surface area contributed by atoms with Gasteiger partial charge in [0.05, 0.1) is 18.8 Å². The van der Waals surface area contributed by atoms with Gasteiger partial charge in [-0.25, -0.2) is 4.98 Å². The van der Waals surface area contributed by atoms with Gasteiger partial charge >= 0.3 is 0 Å². The van der Waals surface area contributed by atoms with Crippen LogP contribution < -0.4 is 15.8 Å². The zero-order valence-corrected chi connectivity index (χ0v) is 14.0. The van der Waals surface area contributed by atoms with Crippen LogP contribution >= 0.6 is 0 Å². The summed E-state index contributed by atoms with van der Waals surface area (Å²) in [5.74, 6) is -0.173. The number of amides is 2. The minimum absolute atomic E-state index is 0.358. The van der Waals surface area contributed by atoms with E-state index < -0.39 is 5.91 Å². The van der Waals surface area contributed by atoms with Crippen LogP contribution in [0.15, 0.2) is 42.6 Å². The molecule has 1 aliphatic rings. The normalized spacial score (nSPS) is 14.0. The average molecular weight is 340 g/mol. The summed E-state index contributed by atoms with van der Waals surface area (Å²) in [7, 11) is 0. The highest BCUT2D eigenvalue weighted by molar-refractivity contribution is 6.02. The van der Waals surface area contributed by atoms with E-state index in [-0.39, 0.29) is 5.91 Å². The number of benzene rings is 1. The second kappa shape index (κ2) is 7.76. The second-order valence-corrected chi connectivity index (χ2v) is 5.70. The van der Waals surface area contributed by atoms with Crippen LogP contribution in [0.4, 0.5) is 5.82 Å². The largest absolute Gasteiger partial charge is 0.378 e. The van der Waals surface area contributed by atoms with Crippen molar-refractivity contribution in [2.24, 2.45) is 0 Å². The van der Waals surface area contributed by atoms with E-state index in [2.05, 4.69) is 15.8 Å². The van der Waals surface area contributed by atoms with Gasteiger partial charge < -0.3 is 9.64 Å². The topological polar surface area (TPSA) is 83.6 Å². The minimum atomic E-state index is -0.406. The van der Waals surface area contributed by atoms with Gasteiger partial charge in [0, 0.05) is 24.8 Å². The fourth-order valence-corrected chi connectivity index (χ4v) is 2.68. The third-order valence-corrected chi connectivity index (χ3v) is 4.02. The Kier molecular flexibility index (Phi) is 5.25. The highest BCUT2D eigenvalue weighted by Crippen LogP contribution is 2.18. The van der Waals surface area contributed by atoms with Crippen molar-refractivity contribution in [2.45, 2.75) is 6.92 Å². The molecule has 7 heteroatoms. The zero-order valence-electron chi connectivity index (χ0n) is 14.0. The van der Waals surface area contributed by atoms with Crippen molar-refractivity contribution in [3.63, 3.8) is 0 Å². The number of carbonyl (C=O) groups excluding carboxylic acids is 2. The second-order valence-electron chi connectivity index (χ2n) is 5.70. The lowest BCUT2D eigenvalue weighted by molar-refractivity contribution is 0.0845. The van der Waals surface area contributed by atoms with E-state index >= 15 is 0 Å². The fraction of sp³-hybridized carbons (Fsp3) is 0.278. The molecule has 1 fully saturated rings. The first-order chi connectivity index (χ1) is 12.2. The third kappa shape index (κ3) is 3.95. The SMILES string of the molecule is Cc1ccccc1C(=O)NNC(=O)c1cccnc1N1CCOCC1. The lowest BCUT2D eigenvalue weighted by Gasteiger charge is -2.29. The average Bonchev–Trinajstić information content (AvgIpc) is 2.67. The highest BCUT2D eigenvalue weighted by Gasteiger charge is 2.20. The van der Waals surface area contributed by atoms with Gasteiger partial charge in [-0.05, 0) is 30.7 Å². The number of hydrazine groups is 1. The van der Waals surface area contributed by atoms with Gasteiger partial charge in [-0.2, -0.15) is 0 Å². The van der Waals surface area contributed by atoms with Crippen molar-refractivity contribution in [1.29, 1.82) is 0 Å². The molecule has 2 N–H and O–H groups in total. The molecule has 0 atom stereocenters. The first kappa shape index (κ1) is 16.9. The number of nitrogens with zero attached hydrogens (tertiary/aromatic N) is 2. The number of anilines is 1. The molecular weight excluding hydrogens is 320 g/mol. The number of carbonyl (C=O) groups is 2. The smallest absolute Gasteiger partial charge is 0.273 e. The van der Waals surface area contributed by atoms with E-state index in [1.165, 1.54) is 0 Å². The number of pyridine rings is 1. The van der Waals surface area contributed by atoms with Crippen LogP contribution in [0.3, 0.4) is 0 Å². The Bertz CT molecular complexity index is 772. The minimum Gasteiger partial charge on any atom is -0.378 e. The molecule has 0 unspecified atom stereocenters. The van der Waals surface area contributed by atoms with Crippen molar-refractivity contribution < 1.29 is 14.3 Å². The molecule has 0 spiro atoms. The van der Waals surface area contributed by atoms with Gasteiger partial charge in [-0.15, -0.1) is 0 Å². The molecule has 25 heavy (non-hydrogen) atoms. The monoisotopic (exact) mass is 340 g/mol. The maximum absolute atomic E-state index is 12.5. The van der Waals surface area contributed by atoms with Crippen LogP contribution in [0.25, 0.3) is 0 Å². The van der Waals surface area contributed by atoms with Gasteiger partial charge in [0.1, 0.15) is 5.82 Å². The van der Waals surface area contributed by atoms with Gasteiger partial charge in [0.2, 0.25) is 0 Å². The van der Waals surface area contributed by atoms with E-state index in [9.17, 15) is 9.59 Å². The number of hydrogen-bond acceptors (Lipinski definition) is 5. The first-order valence-electron chi connectivity index (χ1n) is 8.11. The molecule has 2 aromatic rings. The third-order valence-electron chi connectivity index (χ3n) is 4.02. The summed E-state index contributed by atoms with van der Waals surface area (Å²) in [4.78, 5) is 31.0. The molecule has 7 nitrogen and oxygen atoms in total. The summed E-state index contributed by atoms with van der Waals surface area (Å²) in [5, 5.41) is 0. The highest BCUT2D eigenvalue weighted by atomic mass is 16.5. The lowest BCUT2D eigenvalue weighted by Crippen LogP contribution is -2.43. The predicted molar refractivity (Wildman–Crippen MR) is 93.4 cm³/mol. The van der Waals surface area contributed by atoms with E-state index in [0.717, 1.165) is 5.56 Å². The molecule has 2 heterocycles. The molecule has 1 aromatic carbocycles. The summed E-state index contributed by atoms with van der Waals surface area (Å²) in [6.07, 6.45) is 1.65. The Morgan fingerprint density at radius 1 is 1.00 bits per heavy atom. The van der Waals surface area contributed by atoms with Crippen molar-refractivity contribution in [3.8, 4) is 0 Å². The lowest BCUT2D eigenvalue weighted by atomic mass is 10.1. The van der Waals surface area contributed by atoms with Crippen molar-refractivity contribution in [3.05, 3.63) is 59.3 Å². The van der Waals surface area contributed by atoms with Crippen molar-refractivity contribution >= 4 is 17.6 Å². The Morgan fingerprint density at radius 3 is 2.36 bits per heavy atom. The Balaban J connectivity index is 1.69. The zero-order chi connectivity index (χ0) is 17.6. The van der Waals surface area contributed by atoms with Crippen molar-refractivity contribution in [2.75, 3.05) is 31.2 Å². The van der Waals surface area contributed by atoms with E-state index in [1.54, 1.807) is 30.5 Å². The molecule has 0 radical (unpaired) electrons. The van der Waals surface area contributed by atoms with Gasteiger partial charge in [0.15, 0.2) is 0 Å². The van der Waals surface area contributed by atoms with E-state index in [1.807, 2.05) is 24.0 Å². The number of ether oxygens (including phenoxy) is 1. The molecular formula is C18H20N4O3. The summed E-state index contributed by atoms with van der Waals surface area (Å²) in [6.45, 7) is 4.39. The Hall–Kier alpha value is -2.93. The van der Waals surface area contributed by atoms with Gasteiger partial charge in [0.25, 0.3) is 11.8 Å². The molecule has 1 aromatic heterocycles. The summed E-state index contributed by atoms with van der Waals surface area (Å²) in [5.41, 5.74) is 6.69. The number of hydrogen-bond donors (Lipinski definition) is 2. The number of aromatic nitrogens is 1. The number of aryl methyl sites for hydroxylation is 1. The molecule has 0 saturated carbocycles. The predicted octanol–water partition coefficient (Wildman–Crippen LogP) is 1.30. The van der Waals surface area contributed by atoms with Gasteiger partial charge in [-0.1, -0.05) is 18.2 Å². The molecule has 2 amide bonds. The molecule has 1 aliphatic heterocycles. The standard InChI is InChI=1S/C18H20N4O3/c1-13-5-2-3-6-14(13)17(23)20-21-18(24)15-7-4-8-19-16(15)22-9-11-25-12-10-22/h2-8H,9-12H2,1H3,(H,20,23)(H,21,24). The van der Waals surface area contributed by atoms with Crippen LogP contribution in [-0.4, -0.2) is 43.1 Å². The molecule has 3 rings (SSSR count). The molecule has 130 valence electrons. The van der Waals surface area contributed by atoms with Gasteiger partial charge in [-0.3, -0.25) is 20.4 Å². The van der Waals surface area contributed by atoms with Crippen LogP contribution in [0.5, 0.6) is 0 Å². The van der Waals surface area contributed by atoms with Crippen LogP contribution in [0.1, 0.15) is 26.3 Å². The number of rotatable bonds is 3. The Labute approximate surface area is 146 Å². The molecule has 0 aliphatic carbocycles. The fourth-order valence-electron chi connectivity index (χ4n) is 2.68. The quantitative estimate of drug-likeness (QED) is 0.823. The maximum Gasteiger partial charge on any atom is 0.273 e. The van der Waals surface area contributed by atoms with E-state index in [4.69, 9.17) is 4.74 Å². The summed E-state index contributed by atoms with van der Waals surface area (Å²) in [6, 6.07) is 10.6. The number of nitrogens with one attached hydrogen (secondary N) is 2. The van der Waals surface area contributed by atoms with Crippen molar-refractivity contribution in [1.82, 2.24) is 15.8 Å². The summed E-state index contributed by atoms with van der Waals surface area (Å²) >= 11 is 0. The molecule has 1 saturated heterocycles. The Morgan fingerprint density at radius 2 is 1.64 bits per heavy atom.